The lowest BCUT2D eigenvalue weighted by molar-refractivity contribution is -0.222. The number of halogens is 3. The van der Waals surface area contributed by atoms with Crippen LogP contribution >= 0.6 is 15.9 Å². The maximum Gasteiger partial charge on any atom is 0.261 e. The molecule has 0 saturated heterocycles. The standard InChI is InChI=1S/C15H14BrF2N3O/c1-7-8(2)19-11-10(20-9(16)3-21(11)12(7)22)14-4-15(5-14,6-14)13(17)18/h3,13H,4-6H2,1-2H3. The van der Waals surface area contributed by atoms with E-state index in [1.54, 1.807) is 20.0 Å². The smallest absolute Gasteiger partial charge is 0.261 e. The van der Waals surface area contributed by atoms with E-state index in [1.165, 1.54) is 4.40 Å². The summed E-state index contributed by atoms with van der Waals surface area (Å²) < 4.78 is 28.1. The quantitative estimate of drug-likeness (QED) is 0.816. The van der Waals surface area contributed by atoms with Crippen LogP contribution in [-0.2, 0) is 5.41 Å². The lowest BCUT2D eigenvalue weighted by atomic mass is 9.34. The largest absolute Gasteiger partial charge is 0.269 e. The van der Waals surface area contributed by atoms with Gasteiger partial charge in [0.25, 0.3) is 5.56 Å². The molecule has 0 atom stereocenters. The Bertz CT molecular complexity index is 857. The van der Waals surface area contributed by atoms with Crippen LogP contribution in [0.3, 0.4) is 0 Å². The first-order chi connectivity index (χ1) is 10.3. The molecule has 3 saturated carbocycles. The summed E-state index contributed by atoms with van der Waals surface area (Å²) in [7, 11) is 0. The number of hydrogen-bond acceptors (Lipinski definition) is 3. The van der Waals surface area contributed by atoms with E-state index in [0.717, 1.165) is 0 Å². The van der Waals surface area contributed by atoms with Gasteiger partial charge in [0.1, 0.15) is 4.60 Å². The van der Waals surface area contributed by atoms with Crippen LogP contribution in [0.5, 0.6) is 0 Å². The molecule has 2 bridgehead atoms. The van der Waals surface area contributed by atoms with Gasteiger partial charge in [0.2, 0.25) is 6.43 Å². The van der Waals surface area contributed by atoms with Crippen LogP contribution in [0, 0.1) is 19.3 Å². The maximum absolute atomic E-state index is 13.1. The summed E-state index contributed by atoms with van der Waals surface area (Å²) in [6, 6.07) is 0. The highest BCUT2D eigenvalue weighted by molar-refractivity contribution is 9.10. The molecule has 2 heterocycles. The molecule has 0 aliphatic heterocycles. The number of hydrogen-bond donors (Lipinski definition) is 0. The number of fused-ring (bicyclic) bond motifs is 1. The fourth-order valence-electron chi connectivity index (χ4n) is 4.01. The van der Waals surface area contributed by atoms with Crippen molar-refractivity contribution in [3.63, 3.8) is 0 Å². The molecule has 2 aromatic heterocycles. The van der Waals surface area contributed by atoms with Crippen molar-refractivity contribution in [2.24, 2.45) is 5.41 Å². The molecule has 0 unspecified atom stereocenters. The monoisotopic (exact) mass is 369 g/mol. The van der Waals surface area contributed by atoms with E-state index in [0.29, 0.717) is 46.5 Å². The minimum atomic E-state index is -2.28. The summed E-state index contributed by atoms with van der Waals surface area (Å²) in [5.41, 5.74) is 1.10. The SMILES string of the molecule is Cc1nc2c(C34CC(C(F)F)(C3)C4)nc(Br)cn2c(=O)c1C. The highest BCUT2D eigenvalue weighted by atomic mass is 79.9. The van der Waals surface area contributed by atoms with Crippen molar-refractivity contribution in [1.29, 1.82) is 0 Å². The third kappa shape index (κ3) is 1.58. The van der Waals surface area contributed by atoms with E-state index in [9.17, 15) is 13.6 Å². The molecule has 0 aromatic carbocycles. The van der Waals surface area contributed by atoms with Gasteiger partial charge in [-0.15, -0.1) is 0 Å². The van der Waals surface area contributed by atoms with Crippen LogP contribution in [-0.4, -0.2) is 20.8 Å². The summed E-state index contributed by atoms with van der Waals surface area (Å²) in [6.45, 7) is 3.52. The Morgan fingerprint density at radius 3 is 2.50 bits per heavy atom. The summed E-state index contributed by atoms with van der Waals surface area (Å²) in [4.78, 5) is 21.4. The normalized spacial score (nSPS) is 29.5. The summed E-state index contributed by atoms with van der Waals surface area (Å²) in [5, 5.41) is 0. The Labute approximate surface area is 133 Å². The number of rotatable bonds is 2. The molecular formula is C15H14BrF2N3O. The second kappa shape index (κ2) is 4.13. The van der Waals surface area contributed by atoms with Crippen LogP contribution in [0.25, 0.3) is 5.65 Å². The third-order valence-corrected chi connectivity index (χ3v) is 5.67. The Morgan fingerprint density at radius 1 is 1.27 bits per heavy atom. The van der Waals surface area contributed by atoms with Gasteiger partial charge in [0, 0.05) is 28.3 Å². The molecule has 0 radical (unpaired) electrons. The molecule has 0 N–H and O–H groups in total. The van der Waals surface area contributed by atoms with Crippen LogP contribution in [0.1, 0.15) is 36.2 Å². The highest BCUT2D eigenvalue weighted by Crippen LogP contribution is 2.75. The van der Waals surface area contributed by atoms with Crippen molar-refractivity contribution in [2.45, 2.75) is 45.0 Å². The second-order valence-electron chi connectivity index (χ2n) is 6.71. The molecule has 3 aliphatic rings. The van der Waals surface area contributed by atoms with Crippen molar-refractivity contribution < 1.29 is 8.78 Å². The lowest BCUT2D eigenvalue weighted by Gasteiger charge is -2.69. The van der Waals surface area contributed by atoms with E-state index < -0.39 is 11.8 Å². The van der Waals surface area contributed by atoms with Crippen molar-refractivity contribution in [3.8, 4) is 0 Å². The maximum atomic E-state index is 13.1. The van der Waals surface area contributed by atoms with Crippen molar-refractivity contribution >= 4 is 21.6 Å². The number of aromatic nitrogens is 3. The zero-order valence-corrected chi connectivity index (χ0v) is 13.7. The average Bonchev–Trinajstić information content (AvgIpc) is 2.34. The molecule has 0 spiro atoms. The average molecular weight is 370 g/mol. The summed E-state index contributed by atoms with van der Waals surface area (Å²) in [6.07, 6.45) is 0.598. The van der Waals surface area contributed by atoms with Crippen molar-refractivity contribution in [3.05, 3.63) is 38.1 Å². The fraction of sp³-hybridized carbons (Fsp3) is 0.533. The number of aryl methyl sites for hydroxylation is 1. The fourth-order valence-corrected chi connectivity index (χ4v) is 4.39. The Hall–Kier alpha value is -1.37. The minimum Gasteiger partial charge on any atom is -0.269 e. The third-order valence-electron chi connectivity index (χ3n) is 5.29. The van der Waals surface area contributed by atoms with Crippen molar-refractivity contribution in [1.82, 2.24) is 14.4 Å². The Morgan fingerprint density at radius 2 is 1.91 bits per heavy atom. The molecule has 5 rings (SSSR count). The van der Waals surface area contributed by atoms with Gasteiger partial charge in [-0.3, -0.25) is 9.20 Å². The van der Waals surface area contributed by atoms with Crippen LogP contribution in [0.2, 0.25) is 0 Å². The highest BCUT2D eigenvalue weighted by Gasteiger charge is 2.73. The van der Waals surface area contributed by atoms with Crippen LogP contribution < -0.4 is 5.56 Å². The van der Waals surface area contributed by atoms with Gasteiger partial charge in [-0.05, 0) is 49.0 Å². The first-order valence-electron chi connectivity index (χ1n) is 7.13. The summed E-state index contributed by atoms with van der Waals surface area (Å²) in [5.74, 6) is 0. The first-order valence-corrected chi connectivity index (χ1v) is 7.92. The van der Waals surface area contributed by atoms with Gasteiger partial charge in [-0.25, -0.2) is 18.7 Å². The Balaban J connectivity index is 1.92. The molecule has 116 valence electrons. The second-order valence-corrected chi connectivity index (χ2v) is 7.52. The van der Waals surface area contributed by atoms with Crippen LogP contribution in [0.15, 0.2) is 15.6 Å². The first kappa shape index (κ1) is 14.2. The predicted octanol–water partition coefficient (Wildman–Crippen LogP) is 3.16. The lowest BCUT2D eigenvalue weighted by Crippen LogP contribution is -2.68. The van der Waals surface area contributed by atoms with E-state index >= 15 is 0 Å². The summed E-state index contributed by atoms with van der Waals surface area (Å²) >= 11 is 3.32. The molecule has 7 heteroatoms. The van der Waals surface area contributed by atoms with Crippen LogP contribution in [0.4, 0.5) is 8.78 Å². The predicted molar refractivity (Wildman–Crippen MR) is 80.4 cm³/mol. The molecule has 3 fully saturated rings. The molecule has 4 nitrogen and oxygen atoms in total. The van der Waals surface area contributed by atoms with Gasteiger partial charge >= 0.3 is 0 Å². The number of alkyl halides is 2. The van der Waals surface area contributed by atoms with E-state index in [2.05, 4.69) is 25.9 Å². The zero-order valence-electron chi connectivity index (χ0n) is 12.2. The van der Waals surface area contributed by atoms with Crippen molar-refractivity contribution in [2.75, 3.05) is 0 Å². The zero-order chi connectivity index (χ0) is 15.9. The van der Waals surface area contributed by atoms with Gasteiger partial charge in [0.05, 0.1) is 5.69 Å². The molecular weight excluding hydrogens is 356 g/mol. The molecule has 3 aliphatic carbocycles. The Kier molecular flexibility index (Phi) is 2.67. The van der Waals surface area contributed by atoms with Gasteiger partial charge in [-0.1, -0.05) is 0 Å². The van der Waals surface area contributed by atoms with E-state index in [-0.39, 0.29) is 11.0 Å². The van der Waals surface area contributed by atoms with Gasteiger partial charge < -0.3 is 0 Å². The molecule has 22 heavy (non-hydrogen) atoms. The van der Waals surface area contributed by atoms with E-state index in [1.807, 2.05) is 0 Å². The minimum absolute atomic E-state index is 0.137. The van der Waals surface area contributed by atoms with E-state index in [4.69, 9.17) is 0 Å². The van der Waals surface area contributed by atoms with Gasteiger partial charge in [0.15, 0.2) is 5.65 Å². The molecule has 0 amide bonds. The topological polar surface area (TPSA) is 47.3 Å². The number of nitrogens with zero attached hydrogens (tertiary/aromatic N) is 3. The van der Waals surface area contributed by atoms with Gasteiger partial charge in [-0.2, -0.15) is 0 Å². The molecule has 2 aromatic rings.